The molecule has 0 radical (unpaired) electrons. The van der Waals surface area contributed by atoms with E-state index in [-0.39, 0.29) is 6.42 Å². The summed E-state index contributed by atoms with van der Waals surface area (Å²) in [7, 11) is 0. The van der Waals surface area contributed by atoms with E-state index in [0.717, 1.165) is 12.8 Å². The molecule has 31 heavy (non-hydrogen) atoms. The highest BCUT2D eigenvalue weighted by Gasteiger charge is 1.94. The van der Waals surface area contributed by atoms with E-state index in [0.29, 0.717) is 0 Å². The molecule has 0 aromatic rings. The summed E-state index contributed by atoms with van der Waals surface area (Å²) >= 11 is 0. The van der Waals surface area contributed by atoms with Crippen molar-refractivity contribution in [3.63, 3.8) is 0 Å². The summed E-state index contributed by atoms with van der Waals surface area (Å²) < 4.78 is 0. The average Bonchev–Trinajstić information content (AvgIpc) is 2.76. The van der Waals surface area contributed by atoms with Gasteiger partial charge in [0.2, 0.25) is 0 Å². The third-order valence-electron chi connectivity index (χ3n) is 6.01. The first-order valence-electron chi connectivity index (χ1n) is 14.2. The number of carboxylic acid groups (broad SMARTS) is 1. The Morgan fingerprint density at radius 3 is 1.10 bits per heavy atom. The number of carbonyl (C=O) groups excluding carboxylic acids is 1. The molecule has 0 saturated heterocycles. The fourth-order valence-electron chi connectivity index (χ4n) is 3.86. The summed E-state index contributed by atoms with van der Waals surface area (Å²) in [4.78, 5) is 10.1. The van der Waals surface area contributed by atoms with E-state index in [9.17, 15) is 9.90 Å². The first-order valence-corrected chi connectivity index (χ1v) is 14.2. The molecule has 0 fully saturated rings. The molecule has 3 heteroatoms. The number of rotatable bonds is 24. The predicted octanol–water partition coefficient (Wildman–Crippen LogP) is 6.93. The van der Waals surface area contributed by atoms with Crippen molar-refractivity contribution in [1.29, 1.82) is 0 Å². The van der Waals surface area contributed by atoms with E-state index >= 15 is 0 Å². The number of aliphatic carboxylic acids is 1. The zero-order valence-electron chi connectivity index (χ0n) is 21.9. The van der Waals surface area contributed by atoms with Gasteiger partial charge in [0.05, 0.1) is 13.1 Å². The summed E-state index contributed by atoms with van der Waals surface area (Å²) in [5, 5.41) is 12.6. The smallest absolute Gasteiger partial charge is 0.0755 e. The largest absolute Gasteiger partial charge is 0.550 e. The van der Waals surface area contributed by atoms with E-state index < -0.39 is 5.97 Å². The Bertz CT molecular complexity index is 306. The number of quaternary nitrogens is 1. The molecule has 0 rings (SSSR count). The minimum Gasteiger partial charge on any atom is -0.550 e. The monoisotopic (exact) mass is 441 g/mol. The number of nitrogens with two attached hydrogens (primary N) is 1. The van der Waals surface area contributed by atoms with Crippen molar-refractivity contribution in [3.8, 4) is 0 Å². The molecule has 0 bridgehead atoms. The van der Waals surface area contributed by atoms with Gasteiger partial charge in [-0.2, -0.15) is 0 Å². The molecule has 0 aromatic heterocycles. The standard InChI is InChI=1S/C16H35N.C12H24O2/c1-3-5-7-9-11-13-15-17-16-14-12-10-8-6-4-2;1-2-3-4-5-6-7-8-9-10-11-12(13)14/h17H,3-16H2,1-2H3;2-11H2,1H3,(H,13,14). The molecule has 0 aliphatic rings. The van der Waals surface area contributed by atoms with Crippen LogP contribution in [0.4, 0.5) is 0 Å². The van der Waals surface area contributed by atoms with Crippen LogP contribution in [0.15, 0.2) is 0 Å². The van der Waals surface area contributed by atoms with Crippen LogP contribution in [0.3, 0.4) is 0 Å². The van der Waals surface area contributed by atoms with E-state index in [1.165, 1.54) is 135 Å². The van der Waals surface area contributed by atoms with Crippen molar-refractivity contribution in [2.45, 2.75) is 162 Å². The zero-order valence-corrected chi connectivity index (χ0v) is 21.9. The van der Waals surface area contributed by atoms with Crippen molar-refractivity contribution < 1.29 is 15.2 Å². The molecule has 0 saturated carbocycles. The molecular formula is C28H59NO2. The van der Waals surface area contributed by atoms with Gasteiger partial charge in [-0.1, -0.05) is 124 Å². The van der Waals surface area contributed by atoms with Crippen LogP contribution in [-0.2, 0) is 4.79 Å². The Morgan fingerprint density at radius 2 is 0.774 bits per heavy atom. The number of unbranched alkanes of at least 4 members (excludes halogenated alkanes) is 18. The van der Waals surface area contributed by atoms with Gasteiger partial charge in [0.15, 0.2) is 0 Å². The SMILES string of the molecule is CCCCCCCCCCCC(=O)[O-].CCCCCCCC[NH2+]CCCCCCCC. The molecule has 0 atom stereocenters. The molecular weight excluding hydrogens is 382 g/mol. The van der Waals surface area contributed by atoms with Crippen LogP contribution in [0.1, 0.15) is 162 Å². The summed E-state index contributed by atoms with van der Waals surface area (Å²) in [5.41, 5.74) is 0. The van der Waals surface area contributed by atoms with Crippen molar-refractivity contribution >= 4 is 5.97 Å². The highest BCUT2D eigenvalue weighted by molar-refractivity contribution is 5.63. The van der Waals surface area contributed by atoms with E-state index in [4.69, 9.17) is 0 Å². The minimum absolute atomic E-state index is 0.232. The second-order valence-electron chi connectivity index (χ2n) is 9.35. The summed E-state index contributed by atoms with van der Waals surface area (Å²) in [6.45, 7) is 9.52. The van der Waals surface area contributed by atoms with E-state index in [2.05, 4.69) is 26.1 Å². The van der Waals surface area contributed by atoms with Gasteiger partial charge in [0.25, 0.3) is 0 Å². The fraction of sp³-hybridized carbons (Fsp3) is 0.964. The Labute approximate surface area is 196 Å². The normalized spacial score (nSPS) is 10.7. The first-order chi connectivity index (χ1) is 15.2. The van der Waals surface area contributed by atoms with Crippen molar-refractivity contribution in [3.05, 3.63) is 0 Å². The van der Waals surface area contributed by atoms with Gasteiger partial charge >= 0.3 is 0 Å². The zero-order chi connectivity index (χ0) is 23.3. The maximum Gasteiger partial charge on any atom is 0.0755 e. The van der Waals surface area contributed by atoms with Gasteiger partial charge in [0.1, 0.15) is 0 Å². The maximum absolute atomic E-state index is 10.1. The Hall–Kier alpha value is -0.570. The fourth-order valence-corrected chi connectivity index (χ4v) is 3.86. The highest BCUT2D eigenvalue weighted by Crippen LogP contribution is 2.10. The topological polar surface area (TPSA) is 56.7 Å². The molecule has 0 spiro atoms. The maximum atomic E-state index is 10.1. The van der Waals surface area contributed by atoms with Crippen molar-refractivity contribution in [1.82, 2.24) is 0 Å². The van der Waals surface area contributed by atoms with Gasteiger partial charge < -0.3 is 15.2 Å². The van der Waals surface area contributed by atoms with Crippen LogP contribution in [0, 0.1) is 0 Å². The summed E-state index contributed by atoms with van der Waals surface area (Å²) in [5.74, 6) is -0.909. The van der Waals surface area contributed by atoms with E-state index in [1.54, 1.807) is 0 Å². The molecule has 0 unspecified atom stereocenters. The van der Waals surface area contributed by atoms with Gasteiger partial charge in [-0.15, -0.1) is 0 Å². The highest BCUT2D eigenvalue weighted by atomic mass is 16.4. The molecule has 0 aliphatic carbocycles. The lowest BCUT2D eigenvalue weighted by molar-refractivity contribution is -0.655. The van der Waals surface area contributed by atoms with Gasteiger partial charge in [0, 0.05) is 5.97 Å². The van der Waals surface area contributed by atoms with Crippen LogP contribution < -0.4 is 10.4 Å². The molecule has 3 nitrogen and oxygen atoms in total. The van der Waals surface area contributed by atoms with Crippen LogP contribution in [0.25, 0.3) is 0 Å². The van der Waals surface area contributed by atoms with E-state index in [1.807, 2.05) is 0 Å². The number of carbonyl (C=O) groups is 1. The lowest BCUT2D eigenvalue weighted by Crippen LogP contribution is -2.84. The van der Waals surface area contributed by atoms with Crippen LogP contribution in [0.5, 0.6) is 0 Å². The summed E-state index contributed by atoms with van der Waals surface area (Å²) in [6, 6.07) is 0. The third-order valence-corrected chi connectivity index (χ3v) is 6.01. The molecule has 0 amide bonds. The van der Waals surface area contributed by atoms with Crippen LogP contribution in [-0.4, -0.2) is 19.1 Å². The second kappa shape index (κ2) is 31.6. The predicted molar refractivity (Wildman–Crippen MR) is 135 cm³/mol. The quantitative estimate of drug-likeness (QED) is 0.165. The van der Waals surface area contributed by atoms with Gasteiger partial charge in [-0.3, -0.25) is 0 Å². The lowest BCUT2D eigenvalue weighted by atomic mass is 10.1. The Kier molecular flexibility index (Phi) is 33.3. The number of hydrogen-bond donors (Lipinski definition) is 1. The van der Waals surface area contributed by atoms with Crippen LogP contribution in [0.2, 0.25) is 0 Å². The molecule has 0 aliphatic heterocycles. The lowest BCUT2D eigenvalue weighted by Gasteiger charge is -2.02. The molecule has 0 aromatic carbocycles. The molecule has 0 heterocycles. The first kappa shape index (κ1) is 32.6. The third kappa shape index (κ3) is 37.1. The molecule has 188 valence electrons. The van der Waals surface area contributed by atoms with Crippen molar-refractivity contribution in [2.24, 2.45) is 0 Å². The Morgan fingerprint density at radius 1 is 0.484 bits per heavy atom. The summed E-state index contributed by atoms with van der Waals surface area (Å²) in [6.07, 6.45) is 28.3. The molecule has 2 N–H and O–H groups in total. The van der Waals surface area contributed by atoms with Gasteiger partial charge in [-0.25, -0.2) is 0 Å². The van der Waals surface area contributed by atoms with Crippen LogP contribution >= 0.6 is 0 Å². The van der Waals surface area contributed by atoms with Crippen molar-refractivity contribution in [2.75, 3.05) is 13.1 Å². The second-order valence-corrected chi connectivity index (χ2v) is 9.35. The van der Waals surface area contributed by atoms with Gasteiger partial charge in [-0.05, 0) is 38.5 Å². The minimum atomic E-state index is -0.909. The Balaban J connectivity index is 0. The average molecular weight is 442 g/mol. The number of hydrogen-bond acceptors (Lipinski definition) is 2. The number of carboxylic acids is 1.